The highest BCUT2D eigenvalue weighted by molar-refractivity contribution is 5.82. The highest BCUT2D eigenvalue weighted by Gasteiger charge is 1.96. The number of hydrogen-bond acceptors (Lipinski definition) is 0. The van der Waals surface area contributed by atoms with Gasteiger partial charge in [0.2, 0.25) is 0 Å². The van der Waals surface area contributed by atoms with Crippen molar-refractivity contribution < 1.29 is 4.39 Å². The molecule has 0 unspecified atom stereocenters. The first-order chi connectivity index (χ1) is 7.90. The van der Waals surface area contributed by atoms with Crippen molar-refractivity contribution in [3.63, 3.8) is 0 Å². The van der Waals surface area contributed by atoms with Gasteiger partial charge in [0.25, 0.3) is 0 Å². The van der Waals surface area contributed by atoms with Crippen LogP contribution < -0.4 is 0 Å². The van der Waals surface area contributed by atoms with Gasteiger partial charge in [-0.25, -0.2) is 0 Å². The highest BCUT2D eigenvalue weighted by atomic mass is 19.1. The molecule has 0 aliphatic heterocycles. The highest BCUT2D eigenvalue weighted by Crippen LogP contribution is 2.17. The van der Waals surface area contributed by atoms with Gasteiger partial charge in [-0.15, -0.1) is 0 Å². The molecule has 0 radical (unpaired) electrons. The van der Waals surface area contributed by atoms with Crippen LogP contribution in [0.3, 0.4) is 0 Å². The number of aryl methyl sites for hydroxylation is 1. The molecule has 0 saturated heterocycles. The molecule has 0 nitrogen and oxygen atoms in total. The monoisotopic (exact) mass is 216 g/mol. The molecule has 0 aliphatic carbocycles. The molecule has 0 N–H and O–H groups in total. The van der Waals surface area contributed by atoms with E-state index < -0.39 is 0 Å². The van der Waals surface area contributed by atoms with Gasteiger partial charge in [-0.05, 0) is 35.6 Å². The maximum atomic E-state index is 11.9. The summed E-state index contributed by atoms with van der Waals surface area (Å²) in [6.45, 7) is -0.183. The fourth-order valence-corrected chi connectivity index (χ4v) is 1.99. The summed E-state index contributed by atoms with van der Waals surface area (Å²) in [7, 11) is 0. The summed E-state index contributed by atoms with van der Waals surface area (Å²) in [5.74, 6) is 0. The summed E-state index contributed by atoms with van der Waals surface area (Å²) in [4.78, 5) is 0. The number of rotatable bonds is 5. The van der Waals surface area contributed by atoms with E-state index in [4.69, 9.17) is 0 Å². The second kappa shape index (κ2) is 5.64. The van der Waals surface area contributed by atoms with Crippen LogP contribution >= 0.6 is 0 Å². The number of unbranched alkanes of at least 4 members (excludes halogenated alkanes) is 2. The van der Waals surface area contributed by atoms with Gasteiger partial charge in [0.1, 0.15) is 0 Å². The fourth-order valence-electron chi connectivity index (χ4n) is 1.99. The van der Waals surface area contributed by atoms with Gasteiger partial charge in [0.15, 0.2) is 0 Å². The minimum absolute atomic E-state index is 0.183. The van der Waals surface area contributed by atoms with Gasteiger partial charge in [0.05, 0.1) is 6.67 Å². The van der Waals surface area contributed by atoms with Crippen molar-refractivity contribution in [2.45, 2.75) is 25.7 Å². The van der Waals surface area contributed by atoms with Crippen LogP contribution in [0.15, 0.2) is 42.5 Å². The van der Waals surface area contributed by atoms with Crippen LogP contribution in [-0.2, 0) is 6.42 Å². The molecule has 0 heterocycles. The zero-order valence-electron chi connectivity index (χ0n) is 9.45. The van der Waals surface area contributed by atoms with Crippen molar-refractivity contribution in [2.24, 2.45) is 0 Å². The third kappa shape index (κ3) is 2.82. The van der Waals surface area contributed by atoms with E-state index in [1.807, 2.05) is 0 Å². The van der Waals surface area contributed by atoms with Gasteiger partial charge in [-0.1, -0.05) is 48.9 Å². The molecule has 16 heavy (non-hydrogen) atoms. The summed E-state index contributed by atoms with van der Waals surface area (Å²) in [5.41, 5.74) is 1.36. The number of halogens is 1. The zero-order chi connectivity index (χ0) is 11.2. The second-order valence-corrected chi connectivity index (χ2v) is 4.18. The molecule has 0 spiro atoms. The summed E-state index contributed by atoms with van der Waals surface area (Å²) in [6.07, 6.45) is 3.84. The molecular weight excluding hydrogens is 199 g/mol. The first-order valence-corrected chi connectivity index (χ1v) is 5.94. The number of fused-ring (bicyclic) bond motifs is 1. The molecule has 0 amide bonds. The lowest BCUT2D eigenvalue weighted by Crippen LogP contribution is -1.87. The van der Waals surface area contributed by atoms with E-state index in [0.717, 1.165) is 19.3 Å². The number of benzene rings is 2. The Kier molecular flexibility index (Phi) is 3.92. The summed E-state index contributed by atoms with van der Waals surface area (Å²) in [6, 6.07) is 15.0. The van der Waals surface area contributed by atoms with E-state index in [0.29, 0.717) is 6.42 Å². The van der Waals surface area contributed by atoms with Crippen LogP contribution in [0.1, 0.15) is 24.8 Å². The Morgan fingerprint density at radius 1 is 0.812 bits per heavy atom. The average Bonchev–Trinajstić information content (AvgIpc) is 2.34. The molecule has 0 fully saturated rings. The molecule has 2 aromatic rings. The SMILES string of the molecule is FCCCCCc1ccc2ccccc2c1. The normalized spacial score (nSPS) is 10.8. The molecule has 84 valence electrons. The molecule has 1 heteroatoms. The van der Waals surface area contributed by atoms with E-state index >= 15 is 0 Å². The second-order valence-electron chi connectivity index (χ2n) is 4.18. The Morgan fingerprint density at radius 2 is 1.62 bits per heavy atom. The first kappa shape index (κ1) is 11.1. The van der Waals surface area contributed by atoms with Gasteiger partial charge in [0, 0.05) is 0 Å². The fraction of sp³-hybridized carbons (Fsp3) is 0.333. The third-order valence-corrected chi connectivity index (χ3v) is 2.91. The van der Waals surface area contributed by atoms with Gasteiger partial charge in [-0.2, -0.15) is 0 Å². The van der Waals surface area contributed by atoms with E-state index in [1.165, 1.54) is 16.3 Å². The van der Waals surface area contributed by atoms with Crippen molar-refractivity contribution in [2.75, 3.05) is 6.67 Å². The minimum atomic E-state index is -0.183. The van der Waals surface area contributed by atoms with Crippen LogP contribution in [-0.4, -0.2) is 6.67 Å². The Balaban J connectivity index is 2.02. The zero-order valence-corrected chi connectivity index (χ0v) is 9.45. The molecule has 2 aromatic carbocycles. The lowest BCUT2D eigenvalue weighted by Gasteiger charge is -2.03. The smallest absolute Gasteiger partial charge is 0.0894 e. The Bertz CT molecular complexity index is 448. The van der Waals surface area contributed by atoms with Crippen LogP contribution in [0.4, 0.5) is 4.39 Å². The summed E-state index contributed by atoms with van der Waals surface area (Å²) in [5, 5.41) is 2.58. The first-order valence-electron chi connectivity index (χ1n) is 5.94. The predicted octanol–water partition coefficient (Wildman–Crippen LogP) is 4.52. The van der Waals surface area contributed by atoms with E-state index in [1.54, 1.807) is 0 Å². The standard InChI is InChI=1S/C15H17F/c16-11-5-1-2-6-13-9-10-14-7-3-4-8-15(14)12-13/h3-4,7-10,12H,1-2,5-6,11H2. The van der Waals surface area contributed by atoms with Crippen LogP contribution in [0.5, 0.6) is 0 Å². The van der Waals surface area contributed by atoms with Crippen LogP contribution in [0, 0.1) is 0 Å². The number of alkyl halides is 1. The van der Waals surface area contributed by atoms with Crippen LogP contribution in [0.25, 0.3) is 10.8 Å². The van der Waals surface area contributed by atoms with E-state index in [2.05, 4.69) is 42.5 Å². The van der Waals surface area contributed by atoms with Crippen molar-refractivity contribution in [1.29, 1.82) is 0 Å². The largest absolute Gasteiger partial charge is 0.251 e. The van der Waals surface area contributed by atoms with Crippen molar-refractivity contribution in [3.8, 4) is 0 Å². The Morgan fingerprint density at radius 3 is 2.44 bits per heavy atom. The molecule has 2 rings (SSSR count). The summed E-state index contributed by atoms with van der Waals surface area (Å²) < 4.78 is 11.9. The third-order valence-electron chi connectivity index (χ3n) is 2.91. The number of hydrogen-bond donors (Lipinski definition) is 0. The minimum Gasteiger partial charge on any atom is -0.251 e. The lowest BCUT2D eigenvalue weighted by atomic mass is 10.0. The van der Waals surface area contributed by atoms with E-state index in [-0.39, 0.29) is 6.67 Å². The maximum Gasteiger partial charge on any atom is 0.0894 e. The Labute approximate surface area is 96.1 Å². The van der Waals surface area contributed by atoms with Crippen molar-refractivity contribution >= 4 is 10.8 Å². The van der Waals surface area contributed by atoms with Crippen molar-refractivity contribution in [3.05, 3.63) is 48.0 Å². The topological polar surface area (TPSA) is 0 Å². The molecule has 0 aliphatic rings. The van der Waals surface area contributed by atoms with Crippen molar-refractivity contribution in [1.82, 2.24) is 0 Å². The molecular formula is C15H17F. The quantitative estimate of drug-likeness (QED) is 0.644. The Hall–Kier alpha value is -1.37. The maximum absolute atomic E-state index is 11.9. The van der Waals surface area contributed by atoms with Gasteiger partial charge < -0.3 is 0 Å². The van der Waals surface area contributed by atoms with Crippen LogP contribution in [0.2, 0.25) is 0 Å². The average molecular weight is 216 g/mol. The molecule has 0 bridgehead atoms. The molecule has 0 atom stereocenters. The molecule has 0 aromatic heterocycles. The van der Waals surface area contributed by atoms with E-state index in [9.17, 15) is 4.39 Å². The van der Waals surface area contributed by atoms with Gasteiger partial charge >= 0.3 is 0 Å². The lowest BCUT2D eigenvalue weighted by molar-refractivity contribution is 0.456. The summed E-state index contributed by atoms with van der Waals surface area (Å²) >= 11 is 0. The predicted molar refractivity (Wildman–Crippen MR) is 67.5 cm³/mol. The van der Waals surface area contributed by atoms with Gasteiger partial charge in [-0.3, -0.25) is 4.39 Å². The molecule has 0 saturated carbocycles.